The largest absolute Gasteiger partial charge is 0.647 e. The summed E-state index contributed by atoms with van der Waals surface area (Å²) in [5, 5.41) is 0. The van der Waals surface area contributed by atoms with Crippen LogP contribution >= 0.6 is 15.6 Å². The Morgan fingerprint density at radius 1 is 0.400 bits per heavy atom. The minimum atomic E-state index is -4.73. The highest BCUT2D eigenvalue weighted by atomic mass is 31.2. The Labute approximate surface area is 237 Å². The first-order chi connectivity index (χ1) is 21.1. The van der Waals surface area contributed by atoms with Crippen molar-refractivity contribution in [3.63, 3.8) is 0 Å². The maximum atomic E-state index is 14.0. The van der Waals surface area contributed by atoms with Gasteiger partial charge in [-0.3, -0.25) is 0 Å². The first-order valence-corrected chi connectivity index (χ1v) is 14.7. The Morgan fingerprint density at radius 3 is 0.925 bits per heavy atom. The number of para-hydroxylation sites is 4. The van der Waals surface area contributed by atoms with E-state index in [-0.39, 0.29) is 23.0 Å². The van der Waals surface area contributed by atoms with Gasteiger partial charge in [0.15, 0.2) is 0 Å². The summed E-state index contributed by atoms with van der Waals surface area (Å²) in [6.07, 6.45) is 0. The molecule has 5 aromatic carbocycles. The van der Waals surface area contributed by atoms with E-state index in [0.29, 0.717) is 0 Å². The van der Waals surface area contributed by atoms with Gasteiger partial charge in [0, 0.05) is 6.04 Å². The van der Waals surface area contributed by atoms with E-state index in [4.69, 9.17) is 32.6 Å². The monoisotopic (exact) mass is 578 g/mol. The van der Waals surface area contributed by atoms with Crippen molar-refractivity contribution in [2.24, 2.45) is 0 Å². The van der Waals surface area contributed by atoms with Crippen molar-refractivity contribution in [1.82, 2.24) is 0 Å². The molecule has 40 heavy (non-hydrogen) atoms. The van der Waals surface area contributed by atoms with Crippen LogP contribution < -0.4 is 27.1 Å². The predicted octanol–water partition coefficient (Wildman–Crippen LogP) is 8.98. The van der Waals surface area contributed by atoms with Crippen LogP contribution in [0.5, 0.6) is 34.5 Å². The molecule has 0 amide bonds. The van der Waals surface area contributed by atoms with Crippen molar-refractivity contribution in [3.05, 3.63) is 145 Å². The highest BCUT2D eigenvalue weighted by Crippen LogP contribution is 2.52. The molecule has 0 aromatic heterocycles. The first-order valence-electron chi connectivity index (χ1n) is 13.8. The van der Waals surface area contributed by atoms with Crippen LogP contribution in [0.1, 0.15) is 5.48 Å². The third kappa shape index (κ3) is 7.70. The summed E-state index contributed by atoms with van der Waals surface area (Å²) in [6.45, 7) is 0. The minimum Gasteiger partial charge on any atom is -0.386 e. The molecule has 5 aromatic rings. The van der Waals surface area contributed by atoms with Crippen molar-refractivity contribution in [1.29, 1.82) is 0 Å². The van der Waals surface area contributed by atoms with Gasteiger partial charge in [0.25, 0.3) is 0 Å². The lowest BCUT2D eigenvalue weighted by atomic mass is 10.3. The SMILES string of the molecule is [2H]c1c([2H])c(OP(=O)(Oc2ccccc2)Oc2ccccc2)c([2H])c(OP(=O)(Oc2ccccc2)Oc2ccccc2)c1[2H]. The van der Waals surface area contributed by atoms with E-state index < -0.39 is 51.3 Å². The molecule has 202 valence electrons. The lowest BCUT2D eigenvalue weighted by Gasteiger charge is -2.21. The number of hydrogen-bond donors (Lipinski definition) is 0. The van der Waals surface area contributed by atoms with E-state index in [9.17, 15) is 9.13 Å². The Balaban J connectivity index is 1.56. The topological polar surface area (TPSA) is 89.5 Å². The van der Waals surface area contributed by atoms with E-state index >= 15 is 0 Å². The highest BCUT2D eigenvalue weighted by molar-refractivity contribution is 7.50. The lowest BCUT2D eigenvalue weighted by molar-refractivity contribution is 0.295. The van der Waals surface area contributed by atoms with Gasteiger partial charge in [-0.15, -0.1) is 0 Å². The third-order valence-electron chi connectivity index (χ3n) is 4.83. The molecule has 0 heterocycles. The first kappa shape index (κ1) is 22.2. The van der Waals surface area contributed by atoms with E-state index in [1.807, 2.05) is 0 Å². The van der Waals surface area contributed by atoms with Gasteiger partial charge in [-0.1, -0.05) is 78.8 Å². The zero-order valence-corrected chi connectivity index (χ0v) is 22.5. The van der Waals surface area contributed by atoms with Gasteiger partial charge in [0.05, 0.1) is 5.48 Å². The second kappa shape index (κ2) is 12.5. The number of rotatable bonds is 12. The standard InChI is InChI=1S/C30H24O8P2/c31-39(33-25-14-5-1-6-15-25,34-26-16-7-2-8-17-26)37-29-22-13-23-30(24-29)38-40(32,35-27-18-9-3-10-19-27)36-28-20-11-4-12-21-28/h1-24H/i13D,22D,23D,24D. The summed E-state index contributed by atoms with van der Waals surface area (Å²) < 4.78 is 95.5. The van der Waals surface area contributed by atoms with Crippen molar-refractivity contribution < 1.29 is 41.8 Å². The maximum absolute atomic E-state index is 14.0. The summed E-state index contributed by atoms with van der Waals surface area (Å²) in [5.74, 6) is -1.24. The van der Waals surface area contributed by atoms with Crippen molar-refractivity contribution >= 4 is 15.6 Å². The summed E-state index contributed by atoms with van der Waals surface area (Å²) in [7, 11) is -9.45. The quantitative estimate of drug-likeness (QED) is 0.136. The number of benzene rings is 5. The summed E-state index contributed by atoms with van der Waals surface area (Å²) >= 11 is 0. The average Bonchev–Trinajstić information content (AvgIpc) is 3.02. The van der Waals surface area contributed by atoms with Crippen LogP contribution in [-0.4, -0.2) is 0 Å². The van der Waals surface area contributed by atoms with Gasteiger partial charge in [-0.25, -0.2) is 0 Å². The fraction of sp³-hybridized carbons (Fsp3) is 0. The molecule has 0 saturated heterocycles. The Bertz CT molecular complexity index is 1590. The van der Waals surface area contributed by atoms with Gasteiger partial charge >= 0.3 is 15.6 Å². The molecule has 0 atom stereocenters. The molecule has 5 rings (SSSR count). The van der Waals surface area contributed by atoms with Crippen LogP contribution in [0, 0.1) is 0 Å². The van der Waals surface area contributed by atoms with Gasteiger partial charge in [0.2, 0.25) is 0 Å². The highest BCUT2D eigenvalue weighted by Gasteiger charge is 2.35. The summed E-state index contributed by atoms with van der Waals surface area (Å²) in [4.78, 5) is 0. The zero-order chi connectivity index (χ0) is 31.2. The molecule has 0 radical (unpaired) electrons. The minimum absolute atomic E-state index is 0.0848. The van der Waals surface area contributed by atoms with Gasteiger partial charge in [-0.2, -0.15) is 9.13 Å². The smallest absolute Gasteiger partial charge is 0.386 e. The summed E-state index contributed by atoms with van der Waals surface area (Å²) in [5.41, 5.74) is 0. The van der Waals surface area contributed by atoms with E-state index in [1.54, 1.807) is 72.8 Å². The van der Waals surface area contributed by atoms with Gasteiger partial charge in [-0.05, 0) is 60.6 Å². The second-order valence-electron chi connectivity index (χ2n) is 7.85. The Hall–Kier alpha value is -4.64. The third-order valence-corrected chi connectivity index (χ3v) is 7.38. The van der Waals surface area contributed by atoms with Crippen LogP contribution in [0.4, 0.5) is 0 Å². The molecule has 0 aliphatic rings. The van der Waals surface area contributed by atoms with Gasteiger partial charge in [0.1, 0.15) is 34.5 Å². The Morgan fingerprint density at radius 2 is 0.650 bits per heavy atom. The molecule has 8 nitrogen and oxygen atoms in total. The fourth-order valence-corrected chi connectivity index (χ4v) is 5.55. The molecule has 0 N–H and O–H groups in total. The van der Waals surface area contributed by atoms with Crippen molar-refractivity contribution in [3.8, 4) is 34.5 Å². The normalized spacial score (nSPS) is 12.6. The van der Waals surface area contributed by atoms with Crippen molar-refractivity contribution in [2.75, 3.05) is 0 Å². The van der Waals surface area contributed by atoms with Crippen LogP contribution in [0.15, 0.2) is 145 Å². The summed E-state index contributed by atoms with van der Waals surface area (Å²) in [6, 6.07) is 28.5. The molecule has 0 bridgehead atoms. The fourth-order valence-electron chi connectivity index (χ4n) is 3.18. The van der Waals surface area contributed by atoms with E-state index in [2.05, 4.69) is 0 Å². The lowest BCUT2D eigenvalue weighted by Crippen LogP contribution is -2.09. The Kier molecular flexibility index (Phi) is 6.93. The van der Waals surface area contributed by atoms with Crippen LogP contribution in [0.25, 0.3) is 0 Å². The second-order valence-corrected chi connectivity index (χ2v) is 10.7. The molecular weight excluding hydrogens is 550 g/mol. The van der Waals surface area contributed by atoms with Crippen molar-refractivity contribution in [2.45, 2.75) is 0 Å². The molecule has 0 fully saturated rings. The molecule has 10 heteroatoms. The van der Waals surface area contributed by atoms with E-state index in [1.165, 1.54) is 48.5 Å². The number of phosphoric ester groups is 2. The zero-order valence-electron chi connectivity index (χ0n) is 24.7. The van der Waals surface area contributed by atoms with E-state index in [0.717, 1.165) is 0 Å². The molecule has 0 unspecified atom stereocenters. The predicted molar refractivity (Wildman–Crippen MR) is 151 cm³/mol. The molecule has 0 saturated carbocycles. The average molecular weight is 578 g/mol. The number of hydrogen-bond acceptors (Lipinski definition) is 8. The van der Waals surface area contributed by atoms with Crippen LogP contribution in [-0.2, 0) is 9.13 Å². The molecule has 0 aliphatic heterocycles. The maximum Gasteiger partial charge on any atom is 0.647 e. The van der Waals surface area contributed by atoms with Crippen LogP contribution in [0.2, 0.25) is 0 Å². The van der Waals surface area contributed by atoms with Gasteiger partial charge < -0.3 is 27.1 Å². The molecule has 0 spiro atoms. The number of phosphoric acid groups is 2. The van der Waals surface area contributed by atoms with Crippen LogP contribution in [0.3, 0.4) is 0 Å². The molecule has 0 aliphatic carbocycles. The molecular formula is C30H24O8P2.